The molecule has 0 unspecified atom stereocenters. The van der Waals surface area contributed by atoms with Gasteiger partial charge in [0.1, 0.15) is 11.6 Å². The Balaban J connectivity index is 1.51. The summed E-state index contributed by atoms with van der Waals surface area (Å²) in [5.74, 6) is -9.03. The van der Waals surface area contributed by atoms with Gasteiger partial charge in [0.2, 0.25) is 17.3 Å². The standard InChI is InChI=1S/C24H22F7N5O2/c1-13(35-5-4-23(27,28)18(11-35)15-2-3-20(37)32-9-15)21(38)33-19-12-36(22(34-19)24(29,30)31)10-14-6-16(25)8-17(26)7-14/h2-3,6-9,12-13,18H,4-5,10-11H2,1H3,(H,32,37)(H,33,38)/t13-,18+/m1/s1. The lowest BCUT2D eigenvalue weighted by Gasteiger charge is -2.40. The smallest absolute Gasteiger partial charge is 0.329 e. The number of imidazole rings is 1. The van der Waals surface area contributed by atoms with E-state index in [1.165, 1.54) is 24.1 Å². The van der Waals surface area contributed by atoms with Gasteiger partial charge < -0.3 is 14.9 Å². The first-order chi connectivity index (χ1) is 17.7. The SMILES string of the molecule is C[C@H](C(=O)Nc1cn(Cc2cc(F)cc(F)c2)c(C(F)(F)F)n1)N1CCC(F)(F)[C@H](c2ccc(=O)[nH]c2)C1. The van der Waals surface area contributed by atoms with E-state index in [0.29, 0.717) is 10.6 Å². The molecule has 1 aliphatic rings. The van der Waals surface area contributed by atoms with E-state index in [0.717, 1.165) is 24.4 Å². The molecule has 1 aromatic carbocycles. The van der Waals surface area contributed by atoms with Crippen LogP contribution in [-0.2, 0) is 17.5 Å². The number of pyridine rings is 1. The van der Waals surface area contributed by atoms with Gasteiger partial charge in [0.15, 0.2) is 5.82 Å². The number of rotatable bonds is 6. The lowest BCUT2D eigenvalue weighted by Crippen LogP contribution is -2.52. The molecule has 1 amide bonds. The van der Waals surface area contributed by atoms with E-state index in [9.17, 15) is 40.3 Å². The molecule has 0 aliphatic carbocycles. The van der Waals surface area contributed by atoms with E-state index in [1.54, 1.807) is 0 Å². The van der Waals surface area contributed by atoms with Crippen LogP contribution in [-0.4, -0.2) is 50.4 Å². The van der Waals surface area contributed by atoms with E-state index in [2.05, 4.69) is 15.3 Å². The fraction of sp³-hybridized carbons (Fsp3) is 0.375. The Bertz CT molecular complexity index is 1340. The van der Waals surface area contributed by atoms with Crippen molar-refractivity contribution in [2.24, 2.45) is 0 Å². The topological polar surface area (TPSA) is 83.0 Å². The molecule has 7 nitrogen and oxygen atoms in total. The maximum Gasteiger partial charge on any atom is 0.449 e. The van der Waals surface area contributed by atoms with Crippen molar-refractivity contribution in [1.82, 2.24) is 19.4 Å². The number of aromatic amines is 1. The van der Waals surface area contributed by atoms with Crippen LogP contribution in [0.5, 0.6) is 0 Å². The van der Waals surface area contributed by atoms with Crippen LogP contribution >= 0.6 is 0 Å². The Labute approximate surface area is 211 Å². The number of hydrogen-bond donors (Lipinski definition) is 2. The highest BCUT2D eigenvalue weighted by Gasteiger charge is 2.46. The predicted octanol–water partition coefficient (Wildman–Crippen LogP) is 4.37. The zero-order valence-corrected chi connectivity index (χ0v) is 19.8. The number of halogens is 7. The van der Waals surface area contributed by atoms with E-state index in [1.807, 2.05) is 0 Å². The second-order valence-corrected chi connectivity index (χ2v) is 9.06. The molecule has 0 radical (unpaired) electrons. The summed E-state index contributed by atoms with van der Waals surface area (Å²) in [6.45, 7) is 0.430. The number of H-pyrrole nitrogens is 1. The van der Waals surface area contributed by atoms with Gasteiger partial charge in [-0.05, 0) is 30.2 Å². The van der Waals surface area contributed by atoms with Crippen molar-refractivity contribution in [3.05, 3.63) is 81.7 Å². The molecular formula is C24H22F7N5O2. The van der Waals surface area contributed by atoms with Gasteiger partial charge >= 0.3 is 6.18 Å². The first kappa shape index (κ1) is 27.4. The number of alkyl halides is 5. The van der Waals surface area contributed by atoms with Gasteiger partial charge in [-0.1, -0.05) is 6.07 Å². The Morgan fingerprint density at radius 3 is 2.50 bits per heavy atom. The number of hydrogen-bond acceptors (Lipinski definition) is 4. The highest BCUT2D eigenvalue weighted by atomic mass is 19.4. The van der Waals surface area contributed by atoms with Gasteiger partial charge in [-0.3, -0.25) is 14.5 Å². The zero-order valence-electron chi connectivity index (χ0n) is 19.8. The second-order valence-electron chi connectivity index (χ2n) is 9.06. The fourth-order valence-corrected chi connectivity index (χ4v) is 4.38. The lowest BCUT2D eigenvalue weighted by atomic mass is 9.87. The third kappa shape index (κ3) is 6.06. The third-order valence-electron chi connectivity index (χ3n) is 6.35. The molecule has 2 aromatic heterocycles. The van der Waals surface area contributed by atoms with Gasteiger partial charge in [0.05, 0.1) is 12.0 Å². The molecule has 4 rings (SSSR count). The number of carbonyl (C=O) groups is 1. The Morgan fingerprint density at radius 2 is 1.89 bits per heavy atom. The highest BCUT2D eigenvalue weighted by Crippen LogP contribution is 2.40. The number of nitrogens with zero attached hydrogens (tertiary/aromatic N) is 3. The molecule has 3 heterocycles. The molecule has 1 fully saturated rings. The van der Waals surface area contributed by atoms with Gasteiger partial charge in [0.25, 0.3) is 5.92 Å². The monoisotopic (exact) mass is 545 g/mol. The molecule has 3 aromatic rings. The first-order valence-electron chi connectivity index (χ1n) is 11.4. The second kappa shape index (κ2) is 10.2. The summed E-state index contributed by atoms with van der Waals surface area (Å²) in [4.78, 5) is 31.4. The van der Waals surface area contributed by atoms with Gasteiger partial charge in [0, 0.05) is 50.6 Å². The molecule has 0 saturated carbocycles. The van der Waals surface area contributed by atoms with Crippen LogP contribution in [0.15, 0.2) is 47.5 Å². The van der Waals surface area contributed by atoms with Crippen LogP contribution in [0.2, 0.25) is 0 Å². The van der Waals surface area contributed by atoms with Crippen LogP contribution in [0.1, 0.15) is 36.2 Å². The van der Waals surface area contributed by atoms with Crippen LogP contribution < -0.4 is 10.9 Å². The molecule has 1 aliphatic heterocycles. The largest absolute Gasteiger partial charge is 0.449 e. The van der Waals surface area contributed by atoms with Crippen molar-refractivity contribution in [2.45, 2.75) is 43.9 Å². The summed E-state index contributed by atoms with van der Waals surface area (Å²) in [6, 6.07) is 3.69. The minimum Gasteiger partial charge on any atom is -0.329 e. The van der Waals surface area contributed by atoms with E-state index in [-0.39, 0.29) is 24.2 Å². The molecule has 14 heteroatoms. The number of nitrogens with one attached hydrogen (secondary N) is 2. The number of benzene rings is 1. The van der Waals surface area contributed by atoms with Crippen molar-refractivity contribution in [3.8, 4) is 0 Å². The maximum absolute atomic E-state index is 14.6. The molecule has 38 heavy (non-hydrogen) atoms. The average Bonchev–Trinajstić information content (AvgIpc) is 3.21. The molecule has 2 atom stereocenters. The summed E-state index contributed by atoms with van der Waals surface area (Å²) < 4.78 is 97.6. The van der Waals surface area contributed by atoms with Crippen molar-refractivity contribution in [2.75, 3.05) is 18.4 Å². The van der Waals surface area contributed by atoms with Gasteiger partial charge in [-0.2, -0.15) is 13.2 Å². The van der Waals surface area contributed by atoms with E-state index in [4.69, 9.17) is 0 Å². The van der Waals surface area contributed by atoms with Crippen LogP contribution in [0, 0.1) is 11.6 Å². The fourth-order valence-electron chi connectivity index (χ4n) is 4.38. The Hall–Kier alpha value is -3.68. The van der Waals surface area contributed by atoms with Crippen LogP contribution in [0.3, 0.4) is 0 Å². The molecule has 0 bridgehead atoms. The third-order valence-corrected chi connectivity index (χ3v) is 6.35. The quantitative estimate of drug-likeness (QED) is 0.451. The van der Waals surface area contributed by atoms with Gasteiger partial charge in [-0.25, -0.2) is 22.5 Å². The predicted molar refractivity (Wildman–Crippen MR) is 122 cm³/mol. The molecule has 204 valence electrons. The number of carbonyl (C=O) groups excluding carboxylic acids is 1. The van der Waals surface area contributed by atoms with Crippen LogP contribution in [0.25, 0.3) is 0 Å². The summed E-state index contributed by atoms with van der Waals surface area (Å²) in [6.07, 6.45) is -3.46. The van der Waals surface area contributed by atoms with E-state index >= 15 is 0 Å². The number of aromatic nitrogens is 3. The van der Waals surface area contributed by atoms with Crippen molar-refractivity contribution in [1.29, 1.82) is 0 Å². The van der Waals surface area contributed by atoms with Crippen molar-refractivity contribution >= 4 is 11.7 Å². The van der Waals surface area contributed by atoms with Crippen molar-refractivity contribution < 1.29 is 35.5 Å². The normalized spacial score (nSPS) is 18.8. The van der Waals surface area contributed by atoms with E-state index < -0.39 is 71.8 Å². The lowest BCUT2D eigenvalue weighted by molar-refractivity contribution is -0.147. The molecule has 1 saturated heterocycles. The Kier molecular flexibility index (Phi) is 7.37. The zero-order chi connectivity index (χ0) is 27.8. The average molecular weight is 545 g/mol. The number of piperidine rings is 1. The summed E-state index contributed by atoms with van der Waals surface area (Å²) in [5, 5.41) is 2.27. The van der Waals surface area contributed by atoms with Crippen LogP contribution in [0.4, 0.5) is 36.6 Å². The molecule has 0 spiro atoms. The highest BCUT2D eigenvalue weighted by molar-refractivity contribution is 5.93. The molecule has 2 N–H and O–H groups in total. The summed E-state index contributed by atoms with van der Waals surface area (Å²) in [5.41, 5.74) is -0.383. The maximum atomic E-state index is 14.6. The number of likely N-dealkylation sites (tertiary alicyclic amines) is 1. The molecular weight excluding hydrogens is 523 g/mol. The minimum absolute atomic E-state index is 0.0980. The van der Waals surface area contributed by atoms with Crippen molar-refractivity contribution in [3.63, 3.8) is 0 Å². The minimum atomic E-state index is -4.94. The first-order valence-corrected chi connectivity index (χ1v) is 11.4. The van der Waals surface area contributed by atoms with Gasteiger partial charge in [-0.15, -0.1) is 0 Å². The Morgan fingerprint density at radius 1 is 1.21 bits per heavy atom. The summed E-state index contributed by atoms with van der Waals surface area (Å²) >= 11 is 0. The number of amides is 1. The summed E-state index contributed by atoms with van der Waals surface area (Å²) in [7, 11) is 0. The number of anilines is 1.